The van der Waals surface area contributed by atoms with E-state index in [1.54, 1.807) is 11.9 Å². The average molecular weight is 405 g/mol. The summed E-state index contributed by atoms with van der Waals surface area (Å²) in [5.74, 6) is 0.267. The van der Waals surface area contributed by atoms with E-state index in [9.17, 15) is 9.59 Å². The number of nitrogens with zero attached hydrogens (tertiary/aromatic N) is 4. The van der Waals surface area contributed by atoms with Gasteiger partial charge in [0.2, 0.25) is 5.91 Å². The van der Waals surface area contributed by atoms with Gasteiger partial charge in [0.05, 0.1) is 11.6 Å². The van der Waals surface area contributed by atoms with Crippen LogP contribution in [0.5, 0.6) is 0 Å². The number of hydrogen-bond acceptors (Lipinski definition) is 6. The van der Waals surface area contributed by atoms with Crippen LogP contribution >= 0.6 is 0 Å². The first-order chi connectivity index (χ1) is 14.5. The highest BCUT2D eigenvalue weighted by Gasteiger charge is 2.46. The summed E-state index contributed by atoms with van der Waals surface area (Å²) >= 11 is 0. The van der Waals surface area contributed by atoms with Crippen LogP contribution in [0.4, 0.5) is 0 Å². The van der Waals surface area contributed by atoms with Crippen LogP contribution in [0, 0.1) is 12.3 Å². The molecule has 2 amide bonds. The molecule has 0 radical (unpaired) electrons. The van der Waals surface area contributed by atoms with Gasteiger partial charge >= 0.3 is 0 Å². The molecule has 0 unspecified atom stereocenters. The smallest absolute Gasteiger partial charge is 0.274 e. The van der Waals surface area contributed by atoms with E-state index in [4.69, 9.17) is 4.52 Å². The molecule has 3 aromatic rings. The fourth-order valence-electron chi connectivity index (χ4n) is 4.01. The lowest BCUT2D eigenvalue weighted by atomic mass is 9.81. The first-order valence-electron chi connectivity index (χ1n) is 9.81. The number of likely N-dealkylation sites (tertiary alicyclic amines) is 1. The summed E-state index contributed by atoms with van der Waals surface area (Å²) in [6, 6.07) is 9.81. The molecule has 1 atom stereocenters. The predicted octanol–water partition coefficient (Wildman–Crippen LogP) is 2.26. The van der Waals surface area contributed by atoms with Gasteiger partial charge in [-0.15, -0.1) is 0 Å². The third-order valence-electron chi connectivity index (χ3n) is 5.62. The van der Waals surface area contributed by atoms with Gasteiger partial charge in [-0.2, -0.15) is 0 Å². The lowest BCUT2D eigenvalue weighted by Crippen LogP contribution is -2.44. The Kier molecular flexibility index (Phi) is 5.31. The molecule has 8 nitrogen and oxygen atoms in total. The van der Waals surface area contributed by atoms with Gasteiger partial charge in [-0.3, -0.25) is 14.6 Å². The second-order valence-corrected chi connectivity index (χ2v) is 7.60. The molecule has 1 saturated heterocycles. The van der Waals surface area contributed by atoms with Crippen LogP contribution in [0.15, 0.2) is 53.4 Å². The monoisotopic (exact) mass is 405 g/mol. The Morgan fingerprint density at radius 2 is 2.10 bits per heavy atom. The molecule has 1 aliphatic heterocycles. The lowest BCUT2D eigenvalue weighted by molar-refractivity contribution is -0.130. The number of carbonyl (C=O) groups excluding carboxylic acids is 2. The first-order valence-corrected chi connectivity index (χ1v) is 9.81. The van der Waals surface area contributed by atoms with Crippen molar-refractivity contribution in [1.82, 2.24) is 25.3 Å². The number of hydrogen-bond donors (Lipinski definition) is 1. The summed E-state index contributed by atoms with van der Waals surface area (Å²) in [7, 11) is 1.61. The first kappa shape index (κ1) is 19.8. The maximum absolute atomic E-state index is 12.8. The van der Waals surface area contributed by atoms with Crippen molar-refractivity contribution in [3.05, 3.63) is 65.9 Å². The van der Waals surface area contributed by atoms with Gasteiger partial charge in [-0.25, -0.2) is 4.98 Å². The van der Waals surface area contributed by atoms with Crippen LogP contribution in [-0.2, 0) is 11.2 Å². The average Bonchev–Trinajstić information content (AvgIpc) is 3.42. The van der Waals surface area contributed by atoms with E-state index in [2.05, 4.69) is 20.4 Å². The molecule has 4 rings (SSSR count). The van der Waals surface area contributed by atoms with Crippen molar-refractivity contribution in [1.29, 1.82) is 0 Å². The minimum Gasteiger partial charge on any atom is -0.361 e. The maximum Gasteiger partial charge on any atom is 0.274 e. The number of rotatable bonds is 5. The van der Waals surface area contributed by atoms with Crippen molar-refractivity contribution < 1.29 is 14.1 Å². The predicted molar refractivity (Wildman–Crippen MR) is 109 cm³/mol. The van der Waals surface area contributed by atoms with E-state index in [0.717, 1.165) is 16.8 Å². The molecular weight excluding hydrogens is 382 g/mol. The maximum atomic E-state index is 12.8. The third-order valence-corrected chi connectivity index (χ3v) is 5.62. The van der Waals surface area contributed by atoms with Gasteiger partial charge in [-0.05, 0) is 18.9 Å². The van der Waals surface area contributed by atoms with Crippen LogP contribution in [0.25, 0.3) is 11.3 Å². The molecule has 1 fully saturated rings. The minimum atomic E-state index is -0.783. The highest BCUT2D eigenvalue weighted by Crippen LogP contribution is 2.36. The summed E-state index contributed by atoms with van der Waals surface area (Å²) in [5, 5.41) is 6.95. The molecule has 30 heavy (non-hydrogen) atoms. The zero-order valence-corrected chi connectivity index (χ0v) is 17.0. The number of aryl methyl sites for hydroxylation is 1. The molecule has 1 aliphatic rings. The van der Waals surface area contributed by atoms with E-state index in [1.807, 2.05) is 37.3 Å². The Hall–Kier alpha value is -3.55. The Morgan fingerprint density at radius 1 is 1.27 bits per heavy atom. The van der Waals surface area contributed by atoms with Crippen LogP contribution in [0.3, 0.4) is 0 Å². The molecule has 0 bridgehead atoms. The zero-order chi connectivity index (χ0) is 21.1. The number of carbonyl (C=O) groups is 2. The van der Waals surface area contributed by atoms with E-state index in [0.29, 0.717) is 25.1 Å². The van der Waals surface area contributed by atoms with Gasteiger partial charge in [-0.1, -0.05) is 29.4 Å². The van der Waals surface area contributed by atoms with E-state index < -0.39 is 5.41 Å². The summed E-state index contributed by atoms with van der Waals surface area (Å²) in [5.41, 5.74) is 2.31. The number of benzene rings is 1. The Balaban J connectivity index is 1.57. The summed E-state index contributed by atoms with van der Waals surface area (Å²) in [6.45, 7) is 2.76. The summed E-state index contributed by atoms with van der Waals surface area (Å²) in [6.07, 6.45) is 5.32. The van der Waals surface area contributed by atoms with Crippen molar-refractivity contribution in [3.8, 4) is 11.3 Å². The number of aromatic nitrogens is 3. The molecule has 3 heterocycles. The molecule has 154 valence electrons. The number of amides is 2. The summed E-state index contributed by atoms with van der Waals surface area (Å²) < 4.78 is 5.58. The van der Waals surface area contributed by atoms with Crippen LogP contribution in [0.2, 0.25) is 0 Å². The second-order valence-electron chi connectivity index (χ2n) is 7.60. The molecule has 1 aromatic carbocycles. The van der Waals surface area contributed by atoms with Gasteiger partial charge < -0.3 is 14.7 Å². The van der Waals surface area contributed by atoms with Gasteiger partial charge in [0.1, 0.15) is 17.1 Å². The van der Waals surface area contributed by atoms with Crippen LogP contribution in [-0.4, -0.2) is 52.0 Å². The van der Waals surface area contributed by atoms with Crippen molar-refractivity contribution >= 4 is 11.8 Å². The minimum absolute atomic E-state index is 0.120. The van der Waals surface area contributed by atoms with Gasteiger partial charge in [0, 0.05) is 50.6 Å². The fourth-order valence-corrected chi connectivity index (χ4v) is 4.01. The molecular formula is C22H23N5O3. The molecule has 0 saturated carbocycles. The van der Waals surface area contributed by atoms with E-state index in [-0.39, 0.29) is 24.1 Å². The van der Waals surface area contributed by atoms with E-state index >= 15 is 0 Å². The number of nitrogens with one attached hydrogen (secondary N) is 1. The quantitative estimate of drug-likeness (QED) is 0.699. The van der Waals surface area contributed by atoms with Crippen molar-refractivity contribution in [2.24, 2.45) is 5.41 Å². The Labute approximate surface area is 174 Å². The fraction of sp³-hybridized carbons (Fsp3) is 0.318. The standard InChI is InChI=1S/C22H23N5O3/c1-15-5-3-4-6-17(15)18-11-16(30-26-18)12-22(21(29)23-2)7-10-27(14-22)20(28)19-13-24-8-9-25-19/h3-6,8-9,11,13H,7,10,12,14H2,1-2H3,(H,23,29)/t22-/m1/s1. The largest absolute Gasteiger partial charge is 0.361 e. The molecule has 2 aromatic heterocycles. The topological polar surface area (TPSA) is 101 Å². The van der Waals surface area contributed by atoms with Gasteiger partial charge in [0.15, 0.2) is 0 Å². The molecule has 0 aliphatic carbocycles. The van der Waals surface area contributed by atoms with Crippen LogP contribution < -0.4 is 5.32 Å². The van der Waals surface area contributed by atoms with Gasteiger partial charge in [0.25, 0.3) is 5.91 Å². The highest BCUT2D eigenvalue weighted by atomic mass is 16.5. The highest BCUT2D eigenvalue weighted by molar-refractivity contribution is 5.93. The van der Waals surface area contributed by atoms with Crippen molar-refractivity contribution in [3.63, 3.8) is 0 Å². The van der Waals surface area contributed by atoms with Crippen molar-refractivity contribution in [2.75, 3.05) is 20.1 Å². The molecule has 8 heteroatoms. The van der Waals surface area contributed by atoms with Crippen molar-refractivity contribution in [2.45, 2.75) is 19.8 Å². The summed E-state index contributed by atoms with van der Waals surface area (Å²) in [4.78, 5) is 35.3. The SMILES string of the molecule is CNC(=O)[C@@]1(Cc2cc(-c3ccccc3C)no2)CCN(C(=O)c2cnccn2)C1. The molecule has 0 spiro atoms. The Bertz CT molecular complexity index is 1070. The normalized spacial score (nSPS) is 18.4. The van der Waals surface area contributed by atoms with Crippen LogP contribution in [0.1, 0.15) is 28.2 Å². The zero-order valence-electron chi connectivity index (χ0n) is 17.0. The Morgan fingerprint density at radius 3 is 2.83 bits per heavy atom. The molecule has 1 N–H and O–H groups in total. The van der Waals surface area contributed by atoms with E-state index in [1.165, 1.54) is 18.6 Å². The second kappa shape index (κ2) is 8.06. The lowest BCUT2D eigenvalue weighted by Gasteiger charge is -2.26. The third kappa shape index (κ3) is 3.68.